The molecule has 6 heteroatoms. The Morgan fingerprint density at radius 1 is 1.15 bits per heavy atom. The minimum atomic E-state index is -1.07. The average molecular weight is 315 g/mol. The molecule has 1 rings (SSSR count). The fourth-order valence-electron chi connectivity index (χ4n) is 1.46. The van der Waals surface area contributed by atoms with E-state index in [1.807, 2.05) is 0 Å². The molecule has 0 bridgehead atoms. The molecule has 0 saturated carbocycles. The zero-order valence-electron chi connectivity index (χ0n) is 10.9. The van der Waals surface area contributed by atoms with Crippen molar-refractivity contribution in [1.82, 2.24) is 0 Å². The van der Waals surface area contributed by atoms with Gasteiger partial charge in [0.05, 0.1) is 12.2 Å². The van der Waals surface area contributed by atoms with Gasteiger partial charge in [-0.2, -0.15) is 0 Å². The van der Waals surface area contributed by atoms with Crippen molar-refractivity contribution >= 4 is 46.8 Å². The maximum Gasteiger partial charge on any atom is 0.379 e. The second-order valence-corrected chi connectivity index (χ2v) is 4.74. The molecule has 0 N–H and O–H groups in total. The molecule has 0 saturated heterocycles. The number of rotatable bonds is 5. The van der Waals surface area contributed by atoms with Gasteiger partial charge in [-0.05, 0) is 43.7 Å². The van der Waals surface area contributed by atoms with Gasteiger partial charge in [-0.15, -0.1) is 0 Å². The lowest BCUT2D eigenvalue weighted by atomic mass is 10.0. The first-order valence-electron chi connectivity index (χ1n) is 5.75. The fourth-order valence-corrected chi connectivity index (χ4v) is 2.00. The van der Waals surface area contributed by atoms with E-state index in [1.165, 1.54) is 31.2 Å². The minimum absolute atomic E-state index is 0.0543. The highest BCUT2D eigenvalue weighted by atomic mass is 35.5. The molecule has 0 aliphatic heterocycles. The SMILES string of the molecule is CCOC(=O)C(=O)C(=Cc1cc(Cl)cc(Cl)c1)C(C)=O. The van der Waals surface area contributed by atoms with Crippen molar-refractivity contribution in [3.8, 4) is 0 Å². The Morgan fingerprint density at radius 2 is 1.70 bits per heavy atom. The third-order valence-corrected chi connectivity index (χ3v) is 2.72. The van der Waals surface area contributed by atoms with E-state index in [4.69, 9.17) is 23.2 Å². The summed E-state index contributed by atoms with van der Waals surface area (Å²) in [4.78, 5) is 34.7. The number of hydrogen-bond acceptors (Lipinski definition) is 4. The van der Waals surface area contributed by atoms with Gasteiger partial charge in [-0.1, -0.05) is 23.2 Å². The Morgan fingerprint density at radius 3 is 2.15 bits per heavy atom. The van der Waals surface area contributed by atoms with E-state index in [0.29, 0.717) is 15.6 Å². The van der Waals surface area contributed by atoms with Crippen LogP contribution in [0, 0.1) is 0 Å². The number of benzene rings is 1. The number of carbonyl (C=O) groups excluding carboxylic acids is 3. The minimum Gasteiger partial charge on any atom is -0.460 e. The smallest absolute Gasteiger partial charge is 0.379 e. The fraction of sp³-hybridized carbons (Fsp3) is 0.214. The third kappa shape index (κ3) is 4.47. The van der Waals surface area contributed by atoms with Crippen LogP contribution in [0.4, 0.5) is 0 Å². The molecule has 106 valence electrons. The Bertz CT molecular complexity index is 571. The van der Waals surface area contributed by atoms with Crippen LogP contribution < -0.4 is 0 Å². The van der Waals surface area contributed by atoms with Gasteiger partial charge in [-0.3, -0.25) is 9.59 Å². The molecular formula is C14H12Cl2O4. The first-order chi connectivity index (χ1) is 9.35. The largest absolute Gasteiger partial charge is 0.460 e. The Hall–Kier alpha value is -1.65. The maximum atomic E-state index is 11.8. The Labute approximate surface area is 126 Å². The van der Waals surface area contributed by atoms with Crippen molar-refractivity contribution in [3.05, 3.63) is 39.4 Å². The van der Waals surface area contributed by atoms with E-state index in [1.54, 1.807) is 6.92 Å². The molecule has 0 aromatic heterocycles. The zero-order chi connectivity index (χ0) is 15.3. The molecule has 0 radical (unpaired) electrons. The molecule has 0 atom stereocenters. The molecule has 0 aliphatic rings. The lowest BCUT2D eigenvalue weighted by Crippen LogP contribution is -2.22. The standard InChI is InChI=1S/C14H12Cl2O4/c1-3-20-14(19)13(18)12(8(2)17)6-9-4-10(15)7-11(16)5-9/h4-7H,3H2,1-2H3. The lowest BCUT2D eigenvalue weighted by Gasteiger charge is -2.04. The number of halogens is 2. The van der Waals surface area contributed by atoms with Gasteiger partial charge < -0.3 is 4.74 Å². The van der Waals surface area contributed by atoms with Gasteiger partial charge in [0.1, 0.15) is 0 Å². The summed E-state index contributed by atoms with van der Waals surface area (Å²) in [5, 5.41) is 0.713. The van der Waals surface area contributed by atoms with E-state index < -0.39 is 17.5 Å². The molecule has 0 unspecified atom stereocenters. The van der Waals surface area contributed by atoms with Crippen LogP contribution in [0.2, 0.25) is 10.0 Å². The van der Waals surface area contributed by atoms with Crippen LogP contribution >= 0.6 is 23.2 Å². The van der Waals surface area contributed by atoms with Crippen molar-refractivity contribution in [2.75, 3.05) is 6.61 Å². The van der Waals surface area contributed by atoms with Crippen LogP contribution in [0.25, 0.3) is 6.08 Å². The molecule has 0 heterocycles. The van der Waals surface area contributed by atoms with Crippen LogP contribution in [0.15, 0.2) is 23.8 Å². The molecule has 0 fully saturated rings. The highest BCUT2D eigenvalue weighted by molar-refractivity contribution is 6.48. The van der Waals surface area contributed by atoms with Crippen LogP contribution in [-0.2, 0) is 19.1 Å². The molecule has 0 amide bonds. The van der Waals surface area contributed by atoms with Gasteiger partial charge in [0, 0.05) is 10.0 Å². The molecule has 20 heavy (non-hydrogen) atoms. The average Bonchev–Trinajstić information content (AvgIpc) is 2.34. The van der Waals surface area contributed by atoms with Crippen molar-refractivity contribution < 1.29 is 19.1 Å². The summed E-state index contributed by atoms with van der Waals surface area (Å²) in [5.41, 5.74) is 0.173. The van der Waals surface area contributed by atoms with Gasteiger partial charge >= 0.3 is 5.97 Å². The Kier molecular flexibility index (Phi) is 5.92. The number of ketones is 2. The van der Waals surface area contributed by atoms with E-state index in [0.717, 1.165) is 0 Å². The summed E-state index contributed by atoms with van der Waals surface area (Å²) >= 11 is 11.7. The van der Waals surface area contributed by atoms with Crippen LogP contribution in [0.3, 0.4) is 0 Å². The quantitative estimate of drug-likeness (QED) is 0.275. The normalized spacial score (nSPS) is 11.1. The second-order valence-electron chi connectivity index (χ2n) is 3.87. The molecule has 0 spiro atoms. The van der Waals surface area contributed by atoms with Crippen molar-refractivity contribution in [1.29, 1.82) is 0 Å². The van der Waals surface area contributed by atoms with Crippen LogP contribution in [0.5, 0.6) is 0 Å². The van der Waals surface area contributed by atoms with Gasteiger partial charge in [0.25, 0.3) is 5.78 Å². The van der Waals surface area contributed by atoms with Crippen molar-refractivity contribution in [3.63, 3.8) is 0 Å². The summed E-state index contributed by atoms with van der Waals surface area (Å²) in [6.45, 7) is 2.81. The molecular weight excluding hydrogens is 303 g/mol. The van der Waals surface area contributed by atoms with E-state index >= 15 is 0 Å². The summed E-state index contributed by atoms with van der Waals surface area (Å²) < 4.78 is 4.59. The van der Waals surface area contributed by atoms with Gasteiger partial charge in [0.15, 0.2) is 5.78 Å². The number of esters is 1. The van der Waals surface area contributed by atoms with Crippen molar-refractivity contribution in [2.45, 2.75) is 13.8 Å². The summed E-state index contributed by atoms with van der Waals surface area (Å²) in [7, 11) is 0. The predicted octanol–water partition coefficient (Wildman–Crippen LogP) is 3.10. The molecule has 4 nitrogen and oxygen atoms in total. The van der Waals surface area contributed by atoms with E-state index in [9.17, 15) is 14.4 Å². The maximum absolute atomic E-state index is 11.8. The summed E-state index contributed by atoms with van der Waals surface area (Å²) in [6, 6.07) is 4.56. The number of ether oxygens (including phenoxy) is 1. The van der Waals surface area contributed by atoms with E-state index in [-0.39, 0.29) is 12.2 Å². The third-order valence-electron chi connectivity index (χ3n) is 2.28. The highest BCUT2D eigenvalue weighted by Gasteiger charge is 2.23. The van der Waals surface area contributed by atoms with Crippen LogP contribution in [0.1, 0.15) is 19.4 Å². The lowest BCUT2D eigenvalue weighted by molar-refractivity contribution is -0.152. The van der Waals surface area contributed by atoms with E-state index in [2.05, 4.69) is 4.74 Å². The summed E-state index contributed by atoms with van der Waals surface area (Å²) in [6.07, 6.45) is 1.26. The monoisotopic (exact) mass is 314 g/mol. The van der Waals surface area contributed by atoms with Gasteiger partial charge in [0.2, 0.25) is 0 Å². The molecule has 0 aliphatic carbocycles. The highest BCUT2D eigenvalue weighted by Crippen LogP contribution is 2.21. The topological polar surface area (TPSA) is 60.4 Å². The zero-order valence-corrected chi connectivity index (χ0v) is 12.4. The molecule has 1 aromatic carbocycles. The Balaban J connectivity index is 3.19. The summed E-state index contributed by atoms with van der Waals surface area (Å²) in [5.74, 6) is -2.60. The van der Waals surface area contributed by atoms with Crippen LogP contribution in [-0.4, -0.2) is 24.1 Å². The number of Topliss-reactive ketones (excluding diaryl/α,β-unsaturated/α-hetero) is 2. The predicted molar refractivity (Wildman–Crippen MR) is 76.8 cm³/mol. The second kappa shape index (κ2) is 7.22. The number of hydrogen-bond donors (Lipinski definition) is 0. The number of carbonyl (C=O) groups is 3. The first kappa shape index (κ1) is 16.4. The van der Waals surface area contributed by atoms with Gasteiger partial charge in [-0.25, -0.2) is 4.79 Å². The first-order valence-corrected chi connectivity index (χ1v) is 6.51. The van der Waals surface area contributed by atoms with Crippen molar-refractivity contribution in [2.24, 2.45) is 0 Å². The molecule has 1 aromatic rings.